The average molecular weight is 405 g/mol. The topological polar surface area (TPSA) is 17.8 Å². The summed E-state index contributed by atoms with van der Waals surface area (Å²) in [6, 6.07) is 17.8. The fourth-order valence-corrected chi connectivity index (χ4v) is 4.45. The highest BCUT2D eigenvalue weighted by Gasteiger charge is 2.18. The Morgan fingerprint density at radius 3 is 2.17 bits per heavy atom. The van der Waals surface area contributed by atoms with Gasteiger partial charge in [0.1, 0.15) is 5.82 Å². The van der Waals surface area contributed by atoms with Crippen LogP contribution in [0.15, 0.2) is 48.5 Å². The van der Waals surface area contributed by atoms with Gasteiger partial charge in [0.25, 0.3) is 0 Å². The fraction of sp³-hybridized carbons (Fsp3) is 0.536. The third-order valence-corrected chi connectivity index (χ3v) is 6.18. The van der Waals surface area contributed by atoms with Crippen LogP contribution in [0.1, 0.15) is 95.5 Å². The first-order valence-corrected chi connectivity index (χ1v) is 12.1. The van der Waals surface area contributed by atoms with Crippen LogP contribution in [-0.4, -0.2) is 9.55 Å². The molecule has 0 radical (unpaired) electrons. The van der Waals surface area contributed by atoms with Crippen molar-refractivity contribution in [1.82, 2.24) is 9.55 Å². The quantitative estimate of drug-likeness (QED) is 0.279. The molecule has 30 heavy (non-hydrogen) atoms. The second kappa shape index (κ2) is 11.3. The Labute approximate surface area is 183 Å². The molecule has 1 aromatic heterocycles. The Balaban J connectivity index is 1.73. The summed E-state index contributed by atoms with van der Waals surface area (Å²) in [5.74, 6) is 2.20. The van der Waals surface area contributed by atoms with Crippen LogP contribution in [0.4, 0.5) is 0 Å². The number of benzene rings is 2. The first kappa shape index (κ1) is 22.6. The second-order valence-electron chi connectivity index (χ2n) is 9.29. The summed E-state index contributed by atoms with van der Waals surface area (Å²) in [6.07, 6.45) is 10.5. The van der Waals surface area contributed by atoms with Crippen molar-refractivity contribution < 1.29 is 0 Å². The minimum absolute atomic E-state index is 0.301. The summed E-state index contributed by atoms with van der Waals surface area (Å²) in [5.41, 5.74) is 5.19. The molecule has 0 aliphatic heterocycles. The number of imidazole rings is 1. The molecule has 0 aliphatic rings. The van der Waals surface area contributed by atoms with Crippen LogP contribution in [0.5, 0.6) is 0 Å². The first-order valence-electron chi connectivity index (χ1n) is 12.1. The van der Waals surface area contributed by atoms with Crippen molar-refractivity contribution in [2.24, 2.45) is 5.92 Å². The Morgan fingerprint density at radius 1 is 0.800 bits per heavy atom. The first-order chi connectivity index (χ1) is 14.6. The lowest BCUT2D eigenvalue weighted by Gasteiger charge is -2.16. The predicted molar refractivity (Wildman–Crippen MR) is 130 cm³/mol. The number of rotatable bonds is 12. The smallest absolute Gasteiger partial charge is 0.117 e. The Bertz CT molecular complexity index is 889. The van der Waals surface area contributed by atoms with Gasteiger partial charge in [-0.1, -0.05) is 103 Å². The molecule has 1 atom stereocenters. The summed E-state index contributed by atoms with van der Waals surface area (Å²) in [6.45, 7) is 10.2. The summed E-state index contributed by atoms with van der Waals surface area (Å²) in [5, 5.41) is 0. The zero-order valence-corrected chi connectivity index (χ0v) is 19.5. The van der Waals surface area contributed by atoms with Crippen LogP contribution < -0.4 is 0 Å². The van der Waals surface area contributed by atoms with Gasteiger partial charge >= 0.3 is 0 Å². The molecule has 0 spiro atoms. The molecule has 0 fully saturated rings. The molecule has 0 unspecified atom stereocenters. The van der Waals surface area contributed by atoms with E-state index in [9.17, 15) is 0 Å². The number of aryl methyl sites for hydroxylation is 1. The second-order valence-corrected chi connectivity index (χ2v) is 9.29. The standard InChI is InChI=1S/C28H40N2/c1-5-6-7-8-9-10-13-20-30-27-15-12-11-14-26(27)29-28(30)23(4)25-18-16-24(17-19-25)21-22(2)3/h11-12,14-19,22-23H,5-10,13,20-21H2,1-4H3/t23-/m1/s1. The number of para-hydroxylation sites is 2. The average Bonchev–Trinajstić information content (AvgIpc) is 3.11. The van der Waals surface area contributed by atoms with E-state index in [4.69, 9.17) is 4.98 Å². The summed E-state index contributed by atoms with van der Waals surface area (Å²) in [7, 11) is 0. The van der Waals surface area contributed by atoms with E-state index in [1.807, 2.05) is 0 Å². The van der Waals surface area contributed by atoms with Gasteiger partial charge in [0.2, 0.25) is 0 Å². The molecule has 162 valence electrons. The van der Waals surface area contributed by atoms with Gasteiger partial charge in [-0.2, -0.15) is 0 Å². The van der Waals surface area contributed by atoms with Gasteiger partial charge in [-0.3, -0.25) is 0 Å². The number of hydrogen-bond acceptors (Lipinski definition) is 1. The lowest BCUT2D eigenvalue weighted by atomic mass is 9.96. The van der Waals surface area contributed by atoms with Gasteiger partial charge in [-0.25, -0.2) is 4.98 Å². The largest absolute Gasteiger partial charge is 0.327 e. The van der Waals surface area contributed by atoms with E-state index in [-0.39, 0.29) is 0 Å². The van der Waals surface area contributed by atoms with E-state index in [1.54, 1.807) is 0 Å². The maximum Gasteiger partial charge on any atom is 0.117 e. The highest BCUT2D eigenvalue weighted by atomic mass is 15.1. The Morgan fingerprint density at radius 2 is 1.47 bits per heavy atom. The maximum atomic E-state index is 5.06. The molecule has 0 amide bonds. The zero-order valence-electron chi connectivity index (χ0n) is 19.5. The lowest BCUT2D eigenvalue weighted by Crippen LogP contribution is -2.09. The Hall–Kier alpha value is -2.09. The molecule has 2 nitrogen and oxygen atoms in total. The molecule has 0 N–H and O–H groups in total. The number of nitrogens with zero attached hydrogens (tertiary/aromatic N) is 2. The van der Waals surface area contributed by atoms with Crippen LogP contribution in [-0.2, 0) is 13.0 Å². The van der Waals surface area contributed by atoms with Gasteiger partial charge in [0.05, 0.1) is 11.0 Å². The van der Waals surface area contributed by atoms with Crippen molar-refractivity contribution in [2.45, 2.75) is 91.5 Å². The van der Waals surface area contributed by atoms with E-state index >= 15 is 0 Å². The van der Waals surface area contributed by atoms with Crippen LogP contribution in [0.2, 0.25) is 0 Å². The normalized spacial score (nSPS) is 12.7. The van der Waals surface area contributed by atoms with E-state index in [2.05, 4.69) is 80.8 Å². The molecule has 3 rings (SSSR count). The highest BCUT2D eigenvalue weighted by Crippen LogP contribution is 2.28. The molecule has 2 aromatic carbocycles. The van der Waals surface area contributed by atoms with E-state index in [0.717, 1.165) is 18.5 Å². The lowest BCUT2D eigenvalue weighted by molar-refractivity contribution is 0.542. The number of fused-ring (bicyclic) bond motifs is 1. The highest BCUT2D eigenvalue weighted by molar-refractivity contribution is 5.76. The van der Waals surface area contributed by atoms with Crippen molar-refractivity contribution >= 4 is 11.0 Å². The van der Waals surface area contributed by atoms with E-state index in [1.165, 1.54) is 67.4 Å². The van der Waals surface area contributed by atoms with Crippen molar-refractivity contribution in [3.8, 4) is 0 Å². The van der Waals surface area contributed by atoms with Crippen LogP contribution in [0.3, 0.4) is 0 Å². The van der Waals surface area contributed by atoms with Crippen LogP contribution in [0.25, 0.3) is 11.0 Å². The van der Waals surface area contributed by atoms with Crippen molar-refractivity contribution in [1.29, 1.82) is 0 Å². The minimum atomic E-state index is 0.301. The number of aromatic nitrogens is 2. The zero-order chi connectivity index (χ0) is 21.3. The van der Waals surface area contributed by atoms with Gasteiger partial charge in [0.15, 0.2) is 0 Å². The van der Waals surface area contributed by atoms with Crippen molar-refractivity contribution in [2.75, 3.05) is 0 Å². The maximum absolute atomic E-state index is 5.06. The van der Waals surface area contributed by atoms with E-state index in [0.29, 0.717) is 11.8 Å². The van der Waals surface area contributed by atoms with Crippen molar-refractivity contribution in [3.05, 3.63) is 65.5 Å². The Kier molecular flexibility index (Phi) is 8.54. The molecule has 0 aliphatic carbocycles. The van der Waals surface area contributed by atoms with Gasteiger partial charge < -0.3 is 4.57 Å². The monoisotopic (exact) mass is 404 g/mol. The number of unbranched alkanes of at least 4 members (excludes halogenated alkanes) is 6. The fourth-order valence-electron chi connectivity index (χ4n) is 4.45. The van der Waals surface area contributed by atoms with E-state index < -0.39 is 0 Å². The summed E-state index contributed by atoms with van der Waals surface area (Å²) in [4.78, 5) is 5.06. The summed E-state index contributed by atoms with van der Waals surface area (Å²) < 4.78 is 2.48. The summed E-state index contributed by atoms with van der Waals surface area (Å²) >= 11 is 0. The molecule has 2 heteroatoms. The molecule has 1 heterocycles. The van der Waals surface area contributed by atoms with Gasteiger partial charge in [-0.15, -0.1) is 0 Å². The predicted octanol–water partition coefficient (Wildman–Crippen LogP) is 8.14. The molecule has 3 aromatic rings. The SMILES string of the molecule is CCCCCCCCCn1c([C@H](C)c2ccc(CC(C)C)cc2)nc2ccccc21. The van der Waals surface area contributed by atoms with Crippen molar-refractivity contribution in [3.63, 3.8) is 0 Å². The number of hydrogen-bond donors (Lipinski definition) is 0. The van der Waals surface area contributed by atoms with Gasteiger partial charge in [0, 0.05) is 12.5 Å². The molecule has 0 bridgehead atoms. The third-order valence-electron chi connectivity index (χ3n) is 6.18. The molecule has 0 saturated carbocycles. The van der Waals surface area contributed by atoms with Crippen LogP contribution in [0, 0.1) is 5.92 Å². The van der Waals surface area contributed by atoms with Gasteiger partial charge in [-0.05, 0) is 42.0 Å². The molecule has 0 saturated heterocycles. The third kappa shape index (κ3) is 5.97. The molecular formula is C28H40N2. The minimum Gasteiger partial charge on any atom is -0.327 e. The van der Waals surface area contributed by atoms with Crippen LogP contribution >= 0.6 is 0 Å². The molecular weight excluding hydrogens is 364 g/mol.